The number of hydrogen-bond donors (Lipinski definition) is 2. The average molecular weight is 693 g/mol. The van der Waals surface area contributed by atoms with Crippen molar-refractivity contribution in [3.63, 3.8) is 0 Å². The fourth-order valence-electron chi connectivity index (χ4n) is 4.47. The fourth-order valence-corrected chi connectivity index (χ4v) is 4.47. The number of ketones is 2. The van der Waals surface area contributed by atoms with E-state index in [1.165, 1.54) is 6.92 Å². The maximum atomic E-state index is 11.4. The third-order valence-corrected chi connectivity index (χ3v) is 6.83. The number of nitrogens with one attached hydrogen (secondary N) is 1. The first-order chi connectivity index (χ1) is 22.3. The highest BCUT2D eigenvalue weighted by atomic mass is 35.5. The Morgan fingerprint density at radius 2 is 1.23 bits per heavy atom. The SMILES string of the molecule is CC(=O)C[C@@H]1CCc2cc(NC(C)=O)ccc2O1.CCC(C)=O.CCOC(=O)CC.CCOC(=O)C[C@@H]1CCc2cc(N)ccc2O1.Cl. The Morgan fingerprint density at radius 3 is 1.69 bits per heavy atom. The molecule has 2 heterocycles. The van der Waals surface area contributed by atoms with Crippen LogP contribution in [0, 0.1) is 0 Å². The van der Waals surface area contributed by atoms with Gasteiger partial charge in [-0.1, -0.05) is 13.8 Å². The smallest absolute Gasteiger partial charge is 0.309 e. The molecule has 2 aliphatic heterocycles. The summed E-state index contributed by atoms with van der Waals surface area (Å²) >= 11 is 0. The van der Waals surface area contributed by atoms with E-state index in [-0.39, 0.29) is 54.0 Å². The molecule has 48 heavy (non-hydrogen) atoms. The van der Waals surface area contributed by atoms with Crippen molar-refractivity contribution >= 4 is 53.2 Å². The van der Waals surface area contributed by atoms with Gasteiger partial charge in [-0.25, -0.2) is 0 Å². The van der Waals surface area contributed by atoms with Crippen LogP contribution in [0.15, 0.2) is 36.4 Å². The topological polar surface area (TPSA) is 160 Å². The van der Waals surface area contributed by atoms with Crippen LogP contribution in [0.1, 0.15) is 98.1 Å². The van der Waals surface area contributed by atoms with E-state index in [0.29, 0.717) is 38.9 Å². The van der Waals surface area contributed by atoms with Crippen LogP contribution in [0.25, 0.3) is 0 Å². The van der Waals surface area contributed by atoms with E-state index in [4.69, 9.17) is 19.9 Å². The summed E-state index contributed by atoms with van der Waals surface area (Å²) in [5.74, 6) is 1.66. The van der Waals surface area contributed by atoms with E-state index in [2.05, 4.69) is 10.1 Å². The second-order valence-corrected chi connectivity index (χ2v) is 11.1. The summed E-state index contributed by atoms with van der Waals surface area (Å²) in [6, 6.07) is 11.2. The van der Waals surface area contributed by atoms with Crippen molar-refractivity contribution in [2.24, 2.45) is 0 Å². The van der Waals surface area contributed by atoms with Crippen LogP contribution in [0.3, 0.4) is 0 Å². The Labute approximate surface area is 291 Å². The molecular weight excluding hydrogens is 640 g/mol. The highest BCUT2D eigenvalue weighted by molar-refractivity contribution is 5.88. The summed E-state index contributed by atoms with van der Waals surface area (Å²) in [7, 11) is 0. The minimum Gasteiger partial charge on any atom is -0.490 e. The van der Waals surface area contributed by atoms with E-state index < -0.39 is 0 Å². The van der Waals surface area contributed by atoms with Gasteiger partial charge in [0.05, 0.1) is 19.6 Å². The lowest BCUT2D eigenvalue weighted by Gasteiger charge is -2.25. The zero-order chi connectivity index (χ0) is 35.4. The predicted molar refractivity (Wildman–Crippen MR) is 189 cm³/mol. The van der Waals surface area contributed by atoms with Crippen LogP contribution in [-0.4, -0.2) is 54.8 Å². The molecule has 1 amide bonds. The second-order valence-electron chi connectivity index (χ2n) is 11.1. The number of aryl methyl sites for hydroxylation is 2. The summed E-state index contributed by atoms with van der Waals surface area (Å²) in [6.45, 7) is 12.8. The van der Waals surface area contributed by atoms with E-state index in [0.717, 1.165) is 59.7 Å². The number of anilines is 2. The van der Waals surface area contributed by atoms with Gasteiger partial charge in [0.15, 0.2) is 0 Å². The first-order valence-corrected chi connectivity index (χ1v) is 16.2. The van der Waals surface area contributed by atoms with Crippen molar-refractivity contribution in [2.45, 2.75) is 112 Å². The molecule has 0 saturated carbocycles. The molecule has 0 fully saturated rings. The standard InChI is InChI=1S/C14H17NO3.C13H17NO3.C5H10O2.C4H8O.ClH/c1-9(16)7-13-5-3-11-8-12(15-10(2)17)4-6-14(11)18-13;1-2-16-13(15)8-11-5-3-9-7-10(14)4-6-12(9)17-11;1-3-5(6)7-4-2;1-3-4(2)5;/h4,6,8,13H,3,5,7H2,1-2H3,(H,15,17);4,6-7,11H,2-3,5,8,14H2,1H3;3-4H2,1-2H3;3H2,1-2H3;1H/t13-;11-;;;/m00.../s1. The highest BCUT2D eigenvalue weighted by Crippen LogP contribution is 2.31. The number of carbonyl (C=O) groups is 5. The predicted octanol–water partition coefficient (Wildman–Crippen LogP) is 6.60. The molecule has 3 N–H and O–H groups in total. The summed E-state index contributed by atoms with van der Waals surface area (Å²) in [6.07, 6.45) is 5.28. The van der Waals surface area contributed by atoms with E-state index in [9.17, 15) is 24.0 Å². The lowest BCUT2D eigenvalue weighted by atomic mass is 9.99. The van der Waals surface area contributed by atoms with E-state index in [1.54, 1.807) is 34.6 Å². The normalized spacial score (nSPS) is 15.0. The van der Waals surface area contributed by atoms with Crippen molar-refractivity contribution in [2.75, 3.05) is 24.3 Å². The van der Waals surface area contributed by atoms with Crippen molar-refractivity contribution in [1.29, 1.82) is 0 Å². The number of rotatable bonds is 9. The van der Waals surface area contributed by atoms with Gasteiger partial charge in [0.25, 0.3) is 0 Å². The highest BCUT2D eigenvalue weighted by Gasteiger charge is 2.23. The van der Waals surface area contributed by atoms with E-state index in [1.807, 2.05) is 43.3 Å². The number of fused-ring (bicyclic) bond motifs is 2. The number of benzene rings is 2. The molecule has 0 radical (unpaired) electrons. The largest absolute Gasteiger partial charge is 0.490 e. The van der Waals surface area contributed by atoms with Gasteiger partial charge in [-0.2, -0.15) is 0 Å². The van der Waals surface area contributed by atoms with Gasteiger partial charge >= 0.3 is 11.9 Å². The van der Waals surface area contributed by atoms with Gasteiger partial charge in [-0.3, -0.25) is 19.2 Å². The summed E-state index contributed by atoms with van der Waals surface area (Å²) in [5.41, 5.74) is 9.44. The Balaban J connectivity index is 0.000000683. The van der Waals surface area contributed by atoms with Crippen LogP contribution in [0.4, 0.5) is 11.4 Å². The van der Waals surface area contributed by atoms with Crippen LogP contribution in [-0.2, 0) is 46.3 Å². The van der Waals surface area contributed by atoms with Crippen LogP contribution in [0.2, 0.25) is 0 Å². The first kappa shape index (κ1) is 43.9. The van der Waals surface area contributed by atoms with Gasteiger partial charge in [-0.05, 0) is 101 Å². The average Bonchev–Trinajstić information content (AvgIpc) is 3.01. The third kappa shape index (κ3) is 18.3. The number of hydrogen-bond acceptors (Lipinski definition) is 10. The molecule has 12 heteroatoms. The molecule has 2 aliphatic rings. The second kappa shape index (κ2) is 24.1. The van der Waals surface area contributed by atoms with Crippen LogP contribution >= 0.6 is 12.4 Å². The number of carbonyl (C=O) groups excluding carboxylic acids is 5. The Morgan fingerprint density at radius 1 is 0.729 bits per heavy atom. The fraction of sp³-hybridized carbons (Fsp3) is 0.528. The lowest BCUT2D eigenvalue weighted by Crippen LogP contribution is -2.26. The maximum absolute atomic E-state index is 11.4. The number of nitrogen functional groups attached to an aromatic ring is 1. The molecule has 0 bridgehead atoms. The maximum Gasteiger partial charge on any atom is 0.309 e. The molecule has 2 aromatic rings. The summed E-state index contributed by atoms with van der Waals surface area (Å²) in [4.78, 5) is 53.4. The summed E-state index contributed by atoms with van der Waals surface area (Å²) < 4.78 is 21.0. The van der Waals surface area contributed by atoms with Gasteiger partial charge in [0.1, 0.15) is 35.3 Å². The molecule has 0 aliphatic carbocycles. The summed E-state index contributed by atoms with van der Waals surface area (Å²) in [5, 5.41) is 2.75. The monoisotopic (exact) mass is 692 g/mol. The van der Waals surface area contributed by atoms with Gasteiger partial charge in [0.2, 0.25) is 5.91 Å². The molecule has 4 rings (SSSR count). The van der Waals surface area contributed by atoms with Crippen LogP contribution in [0.5, 0.6) is 11.5 Å². The minimum atomic E-state index is -0.198. The van der Waals surface area contributed by atoms with Gasteiger partial charge < -0.3 is 34.8 Å². The lowest BCUT2D eigenvalue weighted by molar-refractivity contribution is -0.145. The first-order valence-electron chi connectivity index (χ1n) is 16.2. The third-order valence-electron chi connectivity index (χ3n) is 6.83. The van der Waals surface area contributed by atoms with Crippen molar-refractivity contribution in [3.8, 4) is 11.5 Å². The molecule has 2 atom stereocenters. The zero-order valence-corrected chi connectivity index (χ0v) is 30.2. The molecule has 0 spiro atoms. The molecule has 268 valence electrons. The number of esters is 2. The number of ether oxygens (including phenoxy) is 4. The molecule has 0 saturated heterocycles. The van der Waals surface area contributed by atoms with Crippen LogP contribution < -0.4 is 20.5 Å². The van der Waals surface area contributed by atoms with E-state index >= 15 is 0 Å². The number of Topliss-reactive ketones (excluding diaryl/α,β-unsaturated/α-hetero) is 2. The number of nitrogens with two attached hydrogens (primary N) is 1. The molecular formula is C36H53ClN2O9. The van der Waals surface area contributed by atoms with Crippen molar-refractivity contribution in [1.82, 2.24) is 0 Å². The Hall–Kier alpha value is -4.12. The minimum absolute atomic E-state index is 0. The Bertz CT molecular complexity index is 1330. The Kier molecular flexibility index (Phi) is 22.0. The van der Waals surface area contributed by atoms with Gasteiger partial charge in [0, 0.05) is 37.6 Å². The molecule has 11 nitrogen and oxygen atoms in total. The quantitative estimate of drug-likeness (QED) is 0.216. The number of amides is 1. The number of halogens is 1. The van der Waals surface area contributed by atoms with Crippen molar-refractivity contribution < 1.29 is 42.9 Å². The molecule has 0 unspecified atom stereocenters. The molecule has 2 aromatic carbocycles. The van der Waals surface area contributed by atoms with Gasteiger partial charge in [-0.15, -0.1) is 12.4 Å². The zero-order valence-electron chi connectivity index (χ0n) is 29.3. The van der Waals surface area contributed by atoms with Crippen molar-refractivity contribution in [3.05, 3.63) is 47.5 Å². The molecule has 0 aromatic heterocycles.